The van der Waals surface area contributed by atoms with Crippen LogP contribution in [0.3, 0.4) is 0 Å². The standard InChI is InChI=1S/C20H16ClN3O2S/c1-12-4-2-3-5-13(12)10-17-19(26)24(15-8-6-14(21)7-9-15)20(27-17)16(11-22)18(23)25/h2-9,17H,10H2,1H3,(H2,23,25)/b20-16-/t17-/m1/s1. The third kappa shape index (κ3) is 3.85. The Labute approximate surface area is 166 Å². The van der Waals surface area contributed by atoms with Crippen LogP contribution in [0.15, 0.2) is 59.1 Å². The van der Waals surface area contributed by atoms with Crippen molar-refractivity contribution in [1.29, 1.82) is 5.26 Å². The molecule has 1 heterocycles. The summed E-state index contributed by atoms with van der Waals surface area (Å²) in [4.78, 5) is 26.3. The zero-order valence-corrected chi connectivity index (χ0v) is 16.1. The minimum Gasteiger partial charge on any atom is -0.365 e. The van der Waals surface area contributed by atoms with Crippen molar-refractivity contribution in [1.82, 2.24) is 0 Å². The second-order valence-corrected chi connectivity index (χ2v) is 7.67. The van der Waals surface area contributed by atoms with Gasteiger partial charge in [-0.15, -0.1) is 0 Å². The van der Waals surface area contributed by atoms with Crippen molar-refractivity contribution < 1.29 is 9.59 Å². The van der Waals surface area contributed by atoms with Gasteiger partial charge in [0.2, 0.25) is 5.91 Å². The van der Waals surface area contributed by atoms with Crippen LogP contribution in [-0.2, 0) is 16.0 Å². The molecule has 0 radical (unpaired) electrons. The van der Waals surface area contributed by atoms with Gasteiger partial charge in [-0.2, -0.15) is 5.26 Å². The van der Waals surface area contributed by atoms with E-state index in [-0.39, 0.29) is 16.5 Å². The monoisotopic (exact) mass is 397 g/mol. The van der Waals surface area contributed by atoms with Gasteiger partial charge in [0, 0.05) is 10.7 Å². The van der Waals surface area contributed by atoms with Crippen molar-refractivity contribution in [3.8, 4) is 6.07 Å². The van der Waals surface area contributed by atoms with E-state index in [1.807, 2.05) is 37.3 Å². The van der Waals surface area contributed by atoms with E-state index in [2.05, 4.69) is 0 Å². The van der Waals surface area contributed by atoms with Crippen LogP contribution >= 0.6 is 23.4 Å². The Morgan fingerprint density at radius 2 is 1.93 bits per heavy atom. The first-order valence-electron chi connectivity index (χ1n) is 8.17. The first kappa shape index (κ1) is 19.0. The minimum atomic E-state index is -0.858. The van der Waals surface area contributed by atoms with Crippen LogP contribution < -0.4 is 10.6 Å². The van der Waals surface area contributed by atoms with Gasteiger partial charge in [0.1, 0.15) is 16.7 Å². The molecule has 2 aromatic carbocycles. The Morgan fingerprint density at radius 1 is 1.26 bits per heavy atom. The third-order valence-corrected chi connectivity index (χ3v) is 5.79. The minimum absolute atomic E-state index is 0.199. The molecule has 2 amide bonds. The molecule has 5 nitrogen and oxygen atoms in total. The van der Waals surface area contributed by atoms with Gasteiger partial charge >= 0.3 is 0 Å². The predicted octanol–water partition coefficient (Wildman–Crippen LogP) is 3.56. The third-order valence-electron chi connectivity index (χ3n) is 4.28. The summed E-state index contributed by atoms with van der Waals surface area (Å²) in [6.07, 6.45) is 0.487. The molecule has 0 unspecified atom stereocenters. The summed E-state index contributed by atoms with van der Waals surface area (Å²) >= 11 is 7.13. The summed E-state index contributed by atoms with van der Waals surface area (Å²) in [5, 5.41) is 9.72. The molecule has 27 heavy (non-hydrogen) atoms. The van der Waals surface area contributed by atoms with Crippen LogP contribution in [0, 0.1) is 18.3 Å². The van der Waals surface area contributed by atoms with Gasteiger partial charge < -0.3 is 5.73 Å². The lowest BCUT2D eigenvalue weighted by atomic mass is 10.0. The molecule has 2 aromatic rings. The number of nitrogens with two attached hydrogens (primary N) is 1. The van der Waals surface area contributed by atoms with Gasteiger partial charge in [0.05, 0.1) is 5.25 Å². The zero-order valence-electron chi connectivity index (χ0n) is 14.5. The first-order valence-corrected chi connectivity index (χ1v) is 9.43. The van der Waals surface area contributed by atoms with Gasteiger partial charge in [-0.25, -0.2) is 0 Å². The highest BCUT2D eigenvalue weighted by Crippen LogP contribution is 2.42. The normalized spacial score (nSPS) is 18.3. The number of nitrogens with zero attached hydrogens (tertiary/aromatic N) is 2. The summed E-state index contributed by atoms with van der Waals surface area (Å²) < 4.78 is 0. The predicted molar refractivity (Wildman–Crippen MR) is 107 cm³/mol. The van der Waals surface area contributed by atoms with Gasteiger partial charge in [-0.05, 0) is 48.7 Å². The molecule has 1 atom stereocenters. The Morgan fingerprint density at radius 3 is 2.52 bits per heavy atom. The topological polar surface area (TPSA) is 87.2 Å². The number of aryl methyl sites for hydroxylation is 1. The van der Waals surface area contributed by atoms with E-state index >= 15 is 0 Å². The Balaban J connectivity index is 2.05. The number of primary amides is 1. The molecule has 0 aromatic heterocycles. The molecule has 7 heteroatoms. The molecular formula is C20H16ClN3O2S. The van der Waals surface area contributed by atoms with Crippen LogP contribution in [0.5, 0.6) is 0 Å². The number of thioether (sulfide) groups is 1. The maximum Gasteiger partial charge on any atom is 0.262 e. The SMILES string of the molecule is Cc1ccccc1C[C@H]1S/C(=C(/C#N)C(N)=O)N(c2ccc(Cl)cc2)C1=O. The smallest absolute Gasteiger partial charge is 0.262 e. The highest BCUT2D eigenvalue weighted by atomic mass is 35.5. The van der Waals surface area contributed by atoms with Crippen molar-refractivity contribution in [2.75, 3.05) is 4.90 Å². The van der Waals surface area contributed by atoms with E-state index in [0.717, 1.165) is 11.1 Å². The van der Waals surface area contributed by atoms with E-state index in [1.54, 1.807) is 24.3 Å². The fourth-order valence-corrected chi connectivity index (χ4v) is 4.29. The fourth-order valence-electron chi connectivity index (χ4n) is 2.86. The van der Waals surface area contributed by atoms with Crippen molar-refractivity contribution in [2.24, 2.45) is 5.73 Å². The van der Waals surface area contributed by atoms with E-state index in [0.29, 0.717) is 17.1 Å². The molecular weight excluding hydrogens is 382 g/mol. The fraction of sp³-hybridized carbons (Fsp3) is 0.150. The zero-order chi connectivity index (χ0) is 19.6. The lowest BCUT2D eigenvalue weighted by molar-refractivity contribution is -0.117. The van der Waals surface area contributed by atoms with Crippen molar-refractivity contribution in [3.05, 3.63) is 75.3 Å². The number of hydrogen-bond donors (Lipinski definition) is 1. The molecule has 0 saturated carbocycles. The number of hydrogen-bond acceptors (Lipinski definition) is 4. The number of carbonyl (C=O) groups is 2. The first-order chi connectivity index (χ1) is 12.9. The number of carbonyl (C=O) groups excluding carboxylic acids is 2. The molecule has 1 saturated heterocycles. The molecule has 1 aliphatic rings. The van der Waals surface area contributed by atoms with Gasteiger partial charge in [0.25, 0.3) is 5.91 Å². The number of amides is 2. The molecule has 1 fully saturated rings. The summed E-state index contributed by atoms with van der Waals surface area (Å²) in [6.45, 7) is 1.98. The second-order valence-electron chi connectivity index (χ2n) is 6.04. The van der Waals surface area contributed by atoms with E-state index in [9.17, 15) is 14.9 Å². The van der Waals surface area contributed by atoms with Crippen molar-refractivity contribution in [3.63, 3.8) is 0 Å². The van der Waals surface area contributed by atoms with Gasteiger partial charge in [-0.3, -0.25) is 14.5 Å². The van der Waals surface area contributed by atoms with Crippen LogP contribution in [0.4, 0.5) is 5.69 Å². The van der Waals surface area contributed by atoms with Gasteiger partial charge in [0.15, 0.2) is 0 Å². The Bertz CT molecular complexity index is 979. The van der Waals surface area contributed by atoms with Crippen molar-refractivity contribution >= 4 is 40.9 Å². The molecule has 0 bridgehead atoms. The van der Waals surface area contributed by atoms with Crippen molar-refractivity contribution in [2.45, 2.75) is 18.6 Å². The van der Waals surface area contributed by atoms with E-state index in [4.69, 9.17) is 17.3 Å². The highest BCUT2D eigenvalue weighted by Gasteiger charge is 2.40. The Hall–Kier alpha value is -2.75. The van der Waals surface area contributed by atoms with Crippen LogP contribution in [0.2, 0.25) is 5.02 Å². The summed E-state index contributed by atoms with van der Waals surface area (Å²) in [5.41, 5.74) is 7.80. The molecule has 1 aliphatic heterocycles. The Kier molecular flexibility index (Phi) is 5.54. The van der Waals surface area contributed by atoms with Crippen LogP contribution in [0.1, 0.15) is 11.1 Å². The molecule has 0 spiro atoms. The summed E-state index contributed by atoms with van der Waals surface area (Å²) in [7, 11) is 0. The average Bonchev–Trinajstić information content (AvgIpc) is 2.94. The number of halogens is 1. The lowest BCUT2D eigenvalue weighted by Crippen LogP contribution is -2.31. The number of benzene rings is 2. The lowest BCUT2D eigenvalue weighted by Gasteiger charge is -2.18. The quantitative estimate of drug-likeness (QED) is 0.631. The number of anilines is 1. The van der Waals surface area contributed by atoms with E-state index < -0.39 is 11.2 Å². The summed E-state index contributed by atoms with van der Waals surface area (Å²) in [5.74, 6) is -1.06. The number of nitriles is 1. The summed E-state index contributed by atoms with van der Waals surface area (Å²) in [6, 6.07) is 16.3. The number of rotatable bonds is 4. The maximum absolute atomic E-state index is 13.1. The van der Waals surface area contributed by atoms with E-state index in [1.165, 1.54) is 16.7 Å². The van der Waals surface area contributed by atoms with Crippen LogP contribution in [0.25, 0.3) is 0 Å². The largest absolute Gasteiger partial charge is 0.365 e. The molecule has 2 N–H and O–H groups in total. The van der Waals surface area contributed by atoms with Crippen LogP contribution in [-0.4, -0.2) is 17.1 Å². The maximum atomic E-state index is 13.1. The highest BCUT2D eigenvalue weighted by molar-refractivity contribution is 8.05. The molecule has 0 aliphatic carbocycles. The second kappa shape index (κ2) is 7.87. The average molecular weight is 398 g/mol. The molecule has 3 rings (SSSR count). The van der Waals surface area contributed by atoms with Gasteiger partial charge in [-0.1, -0.05) is 47.6 Å². The molecule has 136 valence electrons.